The normalized spacial score (nSPS) is 12.8. The molecule has 0 heterocycles. The Morgan fingerprint density at radius 3 is 1.96 bits per heavy atom. The molecule has 0 spiro atoms. The van der Waals surface area contributed by atoms with Crippen molar-refractivity contribution in [3.05, 3.63) is 29.8 Å². The smallest absolute Gasteiger partial charge is 0.251 e. The summed E-state index contributed by atoms with van der Waals surface area (Å²) in [4.78, 5) is 12.5. The summed E-state index contributed by atoms with van der Waals surface area (Å²) < 4.78 is 24.8. The highest BCUT2D eigenvalue weighted by Gasteiger charge is 2.27. The number of benzene rings is 1. The van der Waals surface area contributed by atoms with Gasteiger partial charge in [0.1, 0.15) is 0 Å². The monoisotopic (exact) mass is 354 g/mol. The number of carbonyl (C=O) groups excluding carboxylic acids is 1. The minimum atomic E-state index is -3.32. The quantitative estimate of drug-likeness (QED) is 0.851. The molecule has 0 bridgehead atoms. The number of rotatable bonds is 6. The van der Waals surface area contributed by atoms with Crippen molar-refractivity contribution in [1.29, 1.82) is 0 Å². The number of anilines is 1. The van der Waals surface area contributed by atoms with Crippen molar-refractivity contribution >= 4 is 21.6 Å². The molecule has 0 unspecified atom stereocenters. The Balaban J connectivity index is 2.91. The molecule has 1 aromatic rings. The van der Waals surface area contributed by atoms with Crippen LogP contribution in [0.3, 0.4) is 0 Å². The minimum Gasteiger partial charge on any atom is -0.347 e. The number of nitrogens with one attached hydrogen (secondary N) is 1. The molecule has 24 heavy (non-hydrogen) atoms. The standard InChI is InChI=1S/C18H30N2O3S/c1-8-20(24(7,22)23)15-11-9-14(10-12-15)16(21)19-18(5,6)13-17(2,3)4/h9-12H,8,13H2,1-7H3,(H,19,21). The zero-order valence-electron chi connectivity index (χ0n) is 15.8. The highest BCUT2D eigenvalue weighted by atomic mass is 32.2. The number of nitrogens with zero attached hydrogens (tertiary/aromatic N) is 1. The molecule has 0 saturated carbocycles. The number of hydrogen-bond donors (Lipinski definition) is 1. The first-order chi connectivity index (χ1) is 10.7. The highest BCUT2D eigenvalue weighted by molar-refractivity contribution is 7.92. The molecular formula is C18H30N2O3S. The lowest BCUT2D eigenvalue weighted by Gasteiger charge is -2.33. The average Bonchev–Trinajstić information content (AvgIpc) is 2.34. The largest absolute Gasteiger partial charge is 0.347 e. The second-order valence-corrected chi connectivity index (χ2v) is 9.96. The molecule has 1 N–H and O–H groups in total. The van der Waals surface area contributed by atoms with Crippen LogP contribution in [0.5, 0.6) is 0 Å². The van der Waals surface area contributed by atoms with Crippen LogP contribution < -0.4 is 9.62 Å². The molecule has 0 aliphatic carbocycles. The van der Waals surface area contributed by atoms with E-state index in [4.69, 9.17) is 0 Å². The highest BCUT2D eigenvalue weighted by Crippen LogP contribution is 2.27. The molecule has 5 nitrogen and oxygen atoms in total. The molecule has 6 heteroatoms. The topological polar surface area (TPSA) is 66.5 Å². The van der Waals surface area contributed by atoms with Gasteiger partial charge in [0.05, 0.1) is 11.9 Å². The Morgan fingerprint density at radius 2 is 1.58 bits per heavy atom. The lowest BCUT2D eigenvalue weighted by molar-refractivity contribution is 0.0891. The van der Waals surface area contributed by atoms with Gasteiger partial charge in [-0.05, 0) is 56.9 Å². The molecular weight excluding hydrogens is 324 g/mol. The van der Waals surface area contributed by atoms with Crippen molar-refractivity contribution in [2.45, 2.75) is 53.5 Å². The maximum Gasteiger partial charge on any atom is 0.251 e. The van der Waals surface area contributed by atoms with Crippen LogP contribution in [0.15, 0.2) is 24.3 Å². The van der Waals surface area contributed by atoms with Crippen LogP contribution in [0.4, 0.5) is 5.69 Å². The third-order valence-electron chi connectivity index (χ3n) is 3.53. The molecule has 136 valence electrons. The van der Waals surface area contributed by atoms with E-state index >= 15 is 0 Å². The van der Waals surface area contributed by atoms with Gasteiger partial charge in [-0.3, -0.25) is 9.10 Å². The number of amides is 1. The summed E-state index contributed by atoms with van der Waals surface area (Å²) in [7, 11) is -3.32. The van der Waals surface area contributed by atoms with Gasteiger partial charge in [-0.25, -0.2) is 8.42 Å². The fourth-order valence-corrected chi connectivity index (χ4v) is 4.11. The zero-order valence-corrected chi connectivity index (χ0v) is 16.6. The van der Waals surface area contributed by atoms with Crippen LogP contribution in [0.25, 0.3) is 0 Å². The molecule has 1 amide bonds. The van der Waals surface area contributed by atoms with E-state index in [0.29, 0.717) is 17.8 Å². The SMILES string of the molecule is CCN(c1ccc(C(=O)NC(C)(C)CC(C)(C)C)cc1)S(C)(=O)=O. The first-order valence-corrected chi connectivity index (χ1v) is 10.0. The third kappa shape index (κ3) is 6.15. The van der Waals surface area contributed by atoms with Crippen molar-refractivity contribution in [3.8, 4) is 0 Å². The molecule has 0 saturated heterocycles. The molecule has 1 rings (SSSR count). The van der Waals surface area contributed by atoms with Crippen LogP contribution in [-0.4, -0.2) is 32.7 Å². The molecule has 0 fully saturated rings. The van der Waals surface area contributed by atoms with E-state index in [1.807, 2.05) is 13.8 Å². The second-order valence-electron chi connectivity index (χ2n) is 8.05. The first kappa shape index (κ1) is 20.5. The Hall–Kier alpha value is -1.56. The third-order valence-corrected chi connectivity index (χ3v) is 4.80. The van der Waals surface area contributed by atoms with E-state index in [2.05, 4.69) is 26.1 Å². The van der Waals surface area contributed by atoms with Gasteiger partial charge >= 0.3 is 0 Å². The fraction of sp³-hybridized carbons (Fsp3) is 0.611. The van der Waals surface area contributed by atoms with Gasteiger partial charge in [-0.2, -0.15) is 0 Å². The van der Waals surface area contributed by atoms with Crippen LogP contribution in [0.2, 0.25) is 0 Å². The number of carbonyl (C=O) groups is 1. The van der Waals surface area contributed by atoms with Gasteiger partial charge in [0, 0.05) is 17.6 Å². The summed E-state index contributed by atoms with van der Waals surface area (Å²) in [6.07, 6.45) is 2.02. The molecule has 0 radical (unpaired) electrons. The van der Waals surface area contributed by atoms with Gasteiger partial charge in [0.15, 0.2) is 0 Å². The van der Waals surface area contributed by atoms with E-state index < -0.39 is 10.0 Å². The zero-order chi connectivity index (χ0) is 18.8. The number of sulfonamides is 1. The Kier molecular flexibility index (Phi) is 6.09. The van der Waals surface area contributed by atoms with Crippen LogP contribution in [0.1, 0.15) is 58.3 Å². The lowest BCUT2D eigenvalue weighted by atomic mass is 9.81. The molecule has 1 aromatic carbocycles. The second kappa shape index (κ2) is 7.13. The summed E-state index contributed by atoms with van der Waals surface area (Å²) >= 11 is 0. The van der Waals surface area contributed by atoms with E-state index in [-0.39, 0.29) is 16.9 Å². The van der Waals surface area contributed by atoms with E-state index in [1.54, 1.807) is 31.2 Å². The van der Waals surface area contributed by atoms with E-state index in [0.717, 1.165) is 6.42 Å². The Labute approximate surface area is 146 Å². The van der Waals surface area contributed by atoms with Crippen LogP contribution in [-0.2, 0) is 10.0 Å². The summed E-state index contributed by atoms with van der Waals surface area (Å²) in [6, 6.07) is 6.64. The van der Waals surface area contributed by atoms with E-state index in [1.165, 1.54) is 10.6 Å². The molecule has 0 aromatic heterocycles. The van der Waals surface area contributed by atoms with Crippen molar-refractivity contribution < 1.29 is 13.2 Å². The van der Waals surface area contributed by atoms with Gasteiger partial charge < -0.3 is 5.32 Å². The van der Waals surface area contributed by atoms with Crippen molar-refractivity contribution in [1.82, 2.24) is 5.32 Å². The van der Waals surface area contributed by atoms with E-state index in [9.17, 15) is 13.2 Å². The van der Waals surface area contributed by atoms with Gasteiger partial charge in [-0.15, -0.1) is 0 Å². The lowest BCUT2D eigenvalue weighted by Crippen LogP contribution is -2.45. The van der Waals surface area contributed by atoms with Crippen molar-refractivity contribution in [2.24, 2.45) is 5.41 Å². The van der Waals surface area contributed by atoms with Gasteiger partial charge in [-0.1, -0.05) is 20.8 Å². The minimum absolute atomic E-state index is 0.109. The fourth-order valence-electron chi connectivity index (χ4n) is 3.14. The van der Waals surface area contributed by atoms with Gasteiger partial charge in [0.2, 0.25) is 10.0 Å². The van der Waals surface area contributed by atoms with Crippen LogP contribution >= 0.6 is 0 Å². The van der Waals surface area contributed by atoms with Crippen molar-refractivity contribution in [2.75, 3.05) is 17.1 Å². The predicted molar refractivity (Wildman–Crippen MR) is 99.9 cm³/mol. The predicted octanol–water partition coefficient (Wildman–Crippen LogP) is 3.42. The summed E-state index contributed by atoms with van der Waals surface area (Å²) in [5.74, 6) is -0.154. The summed E-state index contributed by atoms with van der Waals surface area (Å²) in [5.41, 5.74) is 0.865. The number of hydrogen-bond acceptors (Lipinski definition) is 3. The summed E-state index contributed by atoms with van der Waals surface area (Å²) in [5, 5.41) is 3.05. The Bertz CT molecular complexity index is 671. The van der Waals surface area contributed by atoms with Gasteiger partial charge in [0.25, 0.3) is 5.91 Å². The molecule has 0 atom stereocenters. The molecule has 0 aliphatic rings. The Morgan fingerprint density at radius 1 is 1.08 bits per heavy atom. The first-order valence-electron chi connectivity index (χ1n) is 8.15. The summed E-state index contributed by atoms with van der Waals surface area (Å²) in [6.45, 7) is 12.6. The maximum atomic E-state index is 12.5. The van der Waals surface area contributed by atoms with Crippen molar-refractivity contribution in [3.63, 3.8) is 0 Å². The average molecular weight is 355 g/mol. The van der Waals surface area contributed by atoms with Crippen LogP contribution in [0, 0.1) is 5.41 Å². The maximum absolute atomic E-state index is 12.5. The molecule has 0 aliphatic heterocycles.